The quantitative estimate of drug-likeness (QED) is 0.685. The number of pyridine rings is 1. The SMILES string of the molecule is Clc1snnc1CSc1nnc(-c2cccnc2)o1. The number of hydrogen-bond donors (Lipinski definition) is 0. The summed E-state index contributed by atoms with van der Waals surface area (Å²) in [6.07, 6.45) is 3.36. The minimum absolute atomic E-state index is 0.443. The molecule has 0 spiro atoms. The van der Waals surface area contributed by atoms with E-state index in [1.165, 1.54) is 11.8 Å². The third-order valence-corrected chi connectivity index (χ3v) is 3.97. The minimum atomic E-state index is 0.443. The van der Waals surface area contributed by atoms with E-state index in [1.54, 1.807) is 12.4 Å². The third-order valence-electron chi connectivity index (χ3n) is 2.16. The standard InChI is InChI=1S/C10H6ClN5OS2/c11-8-7(13-16-19-8)5-18-10-15-14-9(17-10)6-2-1-3-12-4-6/h1-4H,5H2. The Kier molecular flexibility index (Phi) is 3.72. The lowest BCUT2D eigenvalue weighted by atomic mass is 10.3. The van der Waals surface area contributed by atoms with Crippen LogP contribution in [0.1, 0.15) is 5.69 Å². The van der Waals surface area contributed by atoms with Gasteiger partial charge in [-0.15, -0.1) is 15.3 Å². The first kappa shape index (κ1) is 12.5. The van der Waals surface area contributed by atoms with Crippen LogP contribution in [-0.2, 0) is 5.75 Å². The largest absolute Gasteiger partial charge is 0.411 e. The molecule has 0 amide bonds. The normalized spacial score (nSPS) is 10.8. The van der Waals surface area contributed by atoms with Crippen LogP contribution in [0.2, 0.25) is 4.34 Å². The molecule has 3 heterocycles. The molecule has 0 unspecified atom stereocenters. The van der Waals surface area contributed by atoms with Gasteiger partial charge in [-0.25, -0.2) is 0 Å². The molecule has 0 aromatic carbocycles. The number of rotatable bonds is 4. The Labute approximate surface area is 121 Å². The zero-order valence-electron chi connectivity index (χ0n) is 9.36. The number of hydrogen-bond acceptors (Lipinski definition) is 8. The van der Waals surface area contributed by atoms with E-state index in [0.717, 1.165) is 22.8 Å². The summed E-state index contributed by atoms with van der Waals surface area (Å²) in [5, 5.41) is 12.3. The molecule has 96 valence electrons. The van der Waals surface area contributed by atoms with Crippen LogP contribution in [0.25, 0.3) is 11.5 Å². The fraction of sp³-hybridized carbons (Fsp3) is 0.100. The smallest absolute Gasteiger partial charge is 0.277 e. The molecule has 0 aliphatic heterocycles. The van der Waals surface area contributed by atoms with Crippen molar-refractivity contribution in [2.75, 3.05) is 0 Å². The second-order valence-corrected chi connectivity index (χ2v) is 5.68. The second kappa shape index (κ2) is 5.64. The second-order valence-electron chi connectivity index (χ2n) is 3.40. The van der Waals surface area contributed by atoms with Gasteiger partial charge in [0.05, 0.1) is 5.56 Å². The molecule has 0 radical (unpaired) electrons. The van der Waals surface area contributed by atoms with Crippen molar-refractivity contribution >= 4 is 34.9 Å². The Morgan fingerprint density at radius 2 is 2.26 bits per heavy atom. The van der Waals surface area contributed by atoms with Crippen molar-refractivity contribution in [3.8, 4) is 11.5 Å². The van der Waals surface area contributed by atoms with Gasteiger partial charge in [-0.05, 0) is 12.1 Å². The van der Waals surface area contributed by atoms with Crippen LogP contribution in [0.4, 0.5) is 0 Å². The van der Waals surface area contributed by atoms with Gasteiger partial charge in [-0.3, -0.25) is 4.98 Å². The molecule has 3 aromatic heterocycles. The van der Waals surface area contributed by atoms with Crippen LogP contribution in [0.15, 0.2) is 34.2 Å². The summed E-state index contributed by atoms with van der Waals surface area (Å²) < 4.78 is 9.86. The Balaban J connectivity index is 1.70. The summed E-state index contributed by atoms with van der Waals surface area (Å²) >= 11 is 8.44. The Bertz CT molecular complexity index is 671. The molecule has 0 saturated heterocycles. The van der Waals surface area contributed by atoms with Crippen molar-refractivity contribution in [1.29, 1.82) is 0 Å². The highest BCUT2D eigenvalue weighted by atomic mass is 35.5. The van der Waals surface area contributed by atoms with Crippen LogP contribution in [-0.4, -0.2) is 24.8 Å². The minimum Gasteiger partial charge on any atom is -0.411 e. The highest BCUT2D eigenvalue weighted by Crippen LogP contribution is 2.28. The van der Waals surface area contributed by atoms with Crippen LogP contribution < -0.4 is 0 Å². The van der Waals surface area contributed by atoms with E-state index in [0.29, 0.717) is 21.2 Å². The molecule has 0 N–H and O–H groups in total. The van der Waals surface area contributed by atoms with Crippen LogP contribution in [0, 0.1) is 0 Å². The average molecular weight is 312 g/mol. The van der Waals surface area contributed by atoms with E-state index in [1.807, 2.05) is 12.1 Å². The van der Waals surface area contributed by atoms with Gasteiger partial charge < -0.3 is 4.42 Å². The van der Waals surface area contributed by atoms with Crippen LogP contribution >= 0.6 is 34.9 Å². The van der Waals surface area contributed by atoms with E-state index in [-0.39, 0.29) is 0 Å². The molecule has 3 aromatic rings. The maximum Gasteiger partial charge on any atom is 0.277 e. The first-order valence-electron chi connectivity index (χ1n) is 5.16. The zero-order chi connectivity index (χ0) is 13.1. The van der Waals surface area contributed by atoms with Gasteiger partial charge in [0.2, 0.25) is 5.89 Å². The molecule has 19 heavy (non-hydrogen) atoms. The van der Waals surface area contributed by atoms with E-state index in [9.17, 15) is 0 Å². The van der Waals surface area contributed by atoms with Crippen molar-refractivity contribution in [3.05, 3.63) is 34.6 Å². The molecule has 6 nitrogen and oxygen atoms in total. The molecule has 9 heteroatoms. The van der Waals surface area contributed by atoms with Crippen LogP contribution in [0.5, 0.6) is 0 Å². The maximum absolute atomic E-state index is 5.91. The van der Waals surface area contributed by atoms with Crippen molar-refractivity contribution in [2.24, 2.45) is 0 Å². The summed E-state index contributed by atoms with van der Waals surface area (Å²) in [6, 6.07) is 3.67. The summed E-state index contributed by atoms with van der Waals surface area (Å²) in [5.74, 6) is 0.988. The Morgan fingerprint density at radius 3 is 3.00 bits per heavy atom. The van der Waals surface area contributed by atoms with E-state index >= 15 is 0 Å². The molecule has 0 fully saturated rings. The highest BCUT2D eigenvalue weighted by molar-refractivity contribution is 7.98. The van der Waals surface area contributed by atoms with Gasteiger partial charge in [-0.1, -0.05) is 27.9 Å². The number of halogens is 1. The maximum atomic E-state index is 5.91. The third kappa shape index (κ3) is 2.91. The first-order chi connectivity index (χ1) is 9.33. The van der Waals surface area contributed by atoms with Crippen molar-refractivity contribution < 1.29 is 4.42 Å². The fourth-order valence-corrected chi connectivity index (χ4v) is 2.78. The molecular weight excluding hydrogens is 306 g/mol. The van der Waals surface area contributed by atoms with E-state index in [2.05, 4.69) is 24.8 Å². The topological polar surface area (TPSA) is 77.6 Å². The molecular formula is C10H6ClN5OS2. The monoisotopic (exact) mass is 311 g/mol. The Morgan fingerprint density at radius 1 is 1.32 bits per heavy atom. The van der Waals surface area contributed by atoms with Gasteiger partial charge in [0.15, 0.2) is 0 Å². The number of thioether (sulfide) groups is 1. The molecule has 0 aliphatic carbocycles. The lowest BCUT2D eigenvalue weighted by Crippen LogP contribution is -1.82. The lowest BCUT2D eigenvalue weighted by Gasteiger charge is -1.93. The summed E-state index contributed by atoms with van der Waals surface area (Å²) in [6.45, 7) is 0. The number of aromatic nitrogens is 5. The summed E-state index contributed by atoms with van der Waals surface area (Å²) in [5.41, 5.74) is 1.51. The average Bonchev–Trinajstić information content (AvgIpc) is 3.06. The predicted molar refractivity (Wildman–Crippen MR) is 72.0 cm³/mol. The molecule has 3 rings (SSSR count). The fourth-order valence-electron chi connectivity index (χ4n) is 1.29. The van der Waals surface area contributed by atoms with Gasteiger partial charge >= 0.3 is 0 Å². The molecule has 0 bridgehead atoms. The Hall–Kier alpha value is -1.51. The van der Waals surface area contributed by atoms with E-state index in [4.69, 9.17) is 16.0 Å². The van der Waals surface area contributed by atoms with Gasteiger partial charge in [0.25, 0.3) is 5.22 Å². The number of nitrogens with zero attached hydrogens (tertiary/aromatic N) is 5. The summed E-state index contributed by atoms with van der Waals surface area (Å²) in [7, 11) is 0. The van der Waals surface area contributed by atoms with Crippen molar-refractivity contribution in [2.45, 2.75) is 11.0 Å². The van der Waals surface area contributed by atoms with Gasteiger partial charge in [0.1, 0.15) is 10.0 Å². The summed E-state index contributed by atoms with van der Waals surface area (Å²) in [4.78, 5) is 4.00. The molecule has 0 aliphatic rings. The molecule has 0 atom stereocenters. The first-order valence-corrected chi connectivity index (χ1v) is 7.30. The van der Waals surface area contributed by atoms with Crippen molar-refractivity contribution in [3.63, 3.8) is 0 Å². The van der Waals surface area contributed by atoms with Gasteiger partial charge in [0, 0.05) is 29.7 Å². The van der Waals surface area contributed by atoms with E-state index < -0.39 is 0 Å². The highest BCUT2D eigenvalue weighted by Gasteiger charge is 2.11. The predicted octanol–water partition coefficient (Wildman–Crippen LogP) is 2.93. The van der Waals surface area contributed by atoms with Crippen LogP contribution in [0.3, 0.4) is 0 Å². The molecule has 0 saturated carbocycles. The lowest BCUT2D eigenvalue weighted by molar-refractivity contribution is 0.465. The van der Waals surface area contributed by atoms with Crippen molar-refractivity contribution in [1.82, 2.24) is 24.8 Å². The zero-order valence-corrected chi connectivity index (χ0v) is 11.7. The van der Waals surface area contributed by atoms with Gasteiger partial charge in [-0.2, -0.15) is 0 Å².